The van der Waals surface area contributed by atoms with E-state index in [-0.39, 0.29) is 5.91 Å². The van der Waals surface area contributed by atoms with Crippen molar-refractivity contribution in [1.82, 2.24) is 10.2 Å². The zero-order chi connectivity index (χ0) is 17.8. The minimum Gasteiger partial charge on any atom is -0.485 e. The Labute approximate surface area is 153 Å². The topological polar surface area (TPSA) is 76.8 Å². The fraction of sp³-hybridized carbons (Fsp3) is 0.611. The predicted octanol–water partition coefficient (Wildman–Crippen LogP) is 2.55. The third kappa shape index (κ3) is 4.12. The summed E-state index contributed by atoms with van der Waals surface area (Å²) >= 11 is 6.14. The number of hydrogen-bond donors (Lipinski definition) is 2. The highest BCUT2D eigenvalue weighted by molar-refractivity contribution is 6.34. The molecule has 3 rings (SSSR count). The fourth-order valence-corrected chi connectivity index (χ4v) is 3.62. The second kappa shape index (κ2) is 8.15. The molecule has 0 aromatic heterocycles. The summed E-state index contributed by atoms with van der Waals surface area (Å²) in [6.07, 6.45) is 3.41. The largest absolute Gasteiger partial charge is 0.485 e. The summed E-state index contributed by atoms with van der Waals surface area (Å²) in [7, 11) is 0. The zero-order valence-corrected chi connectivity index (χ0v) is 15.4. The second-order valence-corrected chi connectivity index (χ2v) is 7.08. The first kappa shape index (κ1) is 18.1. The van der Waals surface area contributed by atoms with E-state index in [4.69, 9.17) is 26.8 Å². The Hall–Kier alpha value is -1.66. The number of benzene rings is 1. The summed E-state index contributed by atoms with van der Waals surface area (Å²) < 4.78 is 11.1. The maximum Gasteiger partial charge on any atom is 0.255 e. The molecule has 6 nitrogen and oxygen atoms in total. The lowest BCUT2D eigenvalue weighted by molar-refractivity contribution is 0.0925. The van der Waals surface area contributed by atoms with Crippen LogP contribution in [0, 0.1) is 5.92 Å². The van der Waals surface area contributed by atoms with Gasteiger partial charge in [0.15, 0.2) is 11.5 Å². The number of ether oxygens (including phenoxy) is 2. The summed E-state index contributed by atoms with van der Waals surface area (Å²) in [5.41, 5.74) is 6.63. The van der Waals surface area contributed by atoms with Crippen LogP contribution in [0.2, 0.25) is 5.02 Å². The van der Waals surface area contributed by atoms with Gasteiger partial charge in [-0.2, -0.15) is 0 Å². The van der Waals surface area contributed by atoms with Crippen LogP contribution in [0.25, 0.3) is 0 Å². The Kier molecular flexibility index (Phi) is 5.91. The first-order valence-corrected chi connectivity index (χ1v) is 9.36. The SMILES string of the molecule is CCCN1CCC(CNC(=O)c2cc(Cl)c(N)c3c2OCCO3)CC1. The number of hydrogen-bond acceptors (Lipinski definition) is 5. The van der Waals surface area contributed by atoms with Gasteiger partial charge in [0.1, 0.15) is 13.2 Å². The lowest BCUT2D eigenvalue weighted by Crippen LogP contribution is -2.39. The molecule has 2 heterocycles. The molecule has 2 aliphatic rings. The van der Waals surface area contributed by atoms with Crippen LogP contribution in [-0.4, -0.2) is 50.2 Å². The van der Waals surface area contributed by atoms with Gasteiger partial charge in [-0.1, -0.05) is 18.5 Å². The number of amides is 1. The standard InChI is InChI=1S/C18H26ClN3O3/c1-2-5-22-6-3-12(4-7-22)11-21-18(23)13-10-14(19)15(20)17-16(13)24-8-9-25-17/h10,12H,2-9,11,20H2,1H3,(H,21,23). The Morgan fingerprint density at radius 2 is 2.00 bits per heavy atom. The predicted molar refractivity (Wildman–Crippen MR) is 98.6 cm³/mol. The van der Waals surface area contributed by atoms with Crippen molar-refractivity contribution in [2.75, 3.05) is 45.1 Å². The summed E-state index contributed by atoms with van der Waals surface area (Å²) in [6, 6.07) is 1.56. The van der Waals surface area contributed by atoms with E-state index in [1.807, 2.05) is 0 Å². The zero-order valence-electron chi connectivity index (χ0n) is 14.6. The molecule has 0 aliphatic carbocycles. The molecule has 1 aromatic carbocycles. The van der Waals surface area contributed by atoms with Gasteiger partial charge in [-0.15, -0.1) is 0 Å². The van der Waals surface area contributed by atoms with E-state index in [0.717, 1.165) is 32.5 Å². The molecule has 0 atom stereocenters. The lowest BCUT2D eigenvalue weighted by atomic mass is 9.96. The number of rotatable bonds is 5. The highest BCUT2D eigenvalue weighted by atomic mass is 35.5. The van der Waals surface area contributed by atoms with Crippen molar-refractivity contribution < 1.29 is 14.3 Å². The van der Waals surface area contributed by atoms with Crippen LogP contribution in [0.15, 0.2) is 6.07 Å². The van der Waals surface area contributed by atoms with Crippen molar-refractivity contribution in [2.45, 2.75) is 26.2 Å². The molecule has 1 fully saturated rings. The Balaban J connectivity index is 1.62. The van der Waals surface area contributed by atoms with Crippen LogP contribution in [-0.2, 0) is 0 Å². The molecule has 1 amide bonds. The van der Waals surface area contributed by atoms with Crippen molar-refractivity contribution >= 4 is 23.2 Å². The van der Waals surface area contributed by atoms with Gasteiger partial charge in [0.25, 0.3) is 5.91 Å². The van der Waals surface area contributed by atoms with Gasteiger partial charge in [0.2, 0.25) is 0 Å². The van der Waals surface area contributed by atoms with Gasteiger partial charge in [-0.25, -0.2) is 0 Å². The van der Waals surface area contributed by atoms with E-state index >= 15 is 0 Å². The molecule has 1 aromatic rings. The van der Waals surface area contributed by atoms with Crippen LogP contribution in [0.1, 0.15) is 36.5 Å². The minimum absolute atomic E-state index is 0.195. The number of halogens is 1. The molecule has 0 radical (unpaired) electrons. The molecule has 1 saturated heterocycles. The number of nitrogens with zero attached hydrogens (tertiary/aromatic N) is 1. The molecule has 0 bridgehead atoms. The maximum atomic E-state index is 12.6. The lowest BCUT2D eigenvalue weighted by Gasteiger charge is -2.31. The van der Waals surface area contributed by atoms with Gasteiger partial charge in [-0.3, -0.25) is 4.79 Å². The van der Waals surface area contributed by atoms with Gasteiger partial charge in [-0.05, 0) is 50.9 Å². The maximum absolute atomic E-state index is 12.6. The van der Waals surface area contributed by atoms with E-state index in [0.29, 0.717) is 53.4 Å². The number of likely N-dealkylation sites (tertiary alicyclic amines) is 1. The van der Waals surface area contributed by atoms with Crippen molar-refractivity contribution in [1.29, 1.82) is 0 Å². The quantitative estimate of drug-likeness (QED) is 0.782. The van der Waals surface area contributed by atoms with Gasteiger partial charge >= 0.3 is 0 Å². The fourth-order valence-electron chi connectivity index (χ4n) is 3.43. The van der Waals surface area contributed by atoms with E-state index in [9.17, 15) is 4.79 Å². The van der Waals surface area contributed by atoms with Crippen molar-refractivity contribution in [3.8, 4) is 11.5 Å². The number of carbonyl (C=O) groups is 1. The second-order valence-electron chi connectivity index (χ2n) is 6.67. The Bertz CT molecular complexity index is 630. The third-order valence-electron chi connectivity index (χ3n) is 4.84. The molecular weight excluding hydrogens is 342 g/mol. The Morgan fingerprint density at radius 1 is 1.32 bits per heavy atom. The minimum atomic E-state index is -0.195. The van der Waals surface area contributed by atoms with Crippen LogP contribution >= 0.6 is 11.6 Å². The van der Waals surface area contributed by atoms with E-state index in [1.54, 1.807) is 6.07 Å². The average Bonchev–Trinajstić information content (AvgIpc) is 2.64. The summed E-state index contributed by atoms with van der Waals surface area (Å²) in [4.78, 5) is 15.1. The normalized spacial score (nSPS) is 18.2. The highest BCUT2D eigenvalue weighted by Gasteiger charge is 2.26. The Morgan fingerprint density at radius 3 is 2.68 bits per heavy atom. The highest BCUT2D eigenvalue weighted by Crippen LogP contribution is 2.43. The number of piperidine rings is 1. The van der Waals surface area contributed by atoms with E-state index in [1.165, 1.54) is 6.42 Å². The summed E-state index contributed by atoms with van der Waals surface area (Å²) in [5.74, 6) is 1.08. The van der Waals surface area contributed by atoms with Crippen LogP contribution < -0.4 is 20.5 Å². The first-order valence-electron chi connectivity index (χ1n) is 8.98. The van der Waals surface area contributed by atoms with Crippen LogP contribution in [0.3, 0.4) is 0 Å². The number of carbonyl (C=O) groups excluding carboxylic acids is 1. The van der Waals surface area contributed by atoms with E-state index in [2.05, 4.69) is 17.1 Å². The number of nitrogen functional groups attached to an aromatic ring is 1. The summed E-state index contributed by atoms with van der Waals surface area (Å²) in [6.45, 7) is 7.03. The van der Waals surface area contributed by atoms with Crippen LogP contribution in [0.4, 0.5) is 5.69 Å². The van der Waals surface area contributed by atoms with E-state index < -0.39 is 0 Å². The van der Waals surface area contributed by atoms with Gasteiger partial charge < -0.3 is 25.4 Å². The smallest absolute Gasteiger partial charge is 0.255 e. The van der Waals surface area contributed by atoms with Crippen LogP contribution in [0.5, 0.6) is 11.5 Å². The molecule has 7 heteroatoms. The monoisotopic (exact) mass is 367 g/mol. The summed E-state index contributed by atoms with van der Waals surface area (Å²) in [5, 5.41) is 3.33. The van der Waals surface area contributed by atoms with Gasteiger partial charge in [0.05, 0.1) is 16.3 Å². The van der Waals surface area contributed by atoms with Crippen molar-refractivity contribution in [3.05, 3.63) is 16.7 Å². The number of anilines is 1. The molecule has 3 N–H and O–H groups in total. The average molecular weight is 368 g/mol. The molecular formula is C18H26ClN3O3. The number of fused-ring (bicyclic) bond motifs is 1. The number of nitrogens with two attached hydrogens (primary N) is 1. The molecule has 138 valence electrons. The van der Waals surface area contributed by atoms with Crippen molar-refractivity contribution in [2.24, 2.45) is 5.92 Å². The third-order valence-corrected chi connectivity index (χ3v) is 5.16. The molecule has 25 heavy (non-hydrogen) atoms. The molecule has 2 aliphatic heterocycles. The molecule has 0 saturated carbocycles. The molecule has 0 unspecified atom stereocenters. The first-order chi connectivity index (χ1) is 12.1. The molecule has 0 spiro atoms. The number of nitrogens with one attached hydrogen (secondary N) is 1. The van der Waals surface area contributed by atoms with Gasteiger partial charge in [0, 0.05) is 6.54 Å². The van der Waals surface area contributed by atoms with Crippen molar-refractivity contribution in [3.63, 3.8) is 0 Å².